The van der Waals surface area contributed by atoms with Crippen LogP contribution >= 0.6 is 11.6 Å². The van der Waals surface area contributed by atoms with E-state index in [9.17, 15) is 5.26 Å². The summed E-state index contributed by atoms with van der Waals surface area (Å²) in [7, 11) is 0. The van der Waals surface area contributed by atoms with Gasteiger partial charge in [-0.15, -0.1) is 0 Å². The number of rotatable bonds is 2. The van der Waals surface area contributed by atoms with Gasteiger partial charge >= 0.3 is 0 Å². The Labute approximate surface area is 101 Å². The van der Waals surface area contributed by atoms with Crippen LogP contribution in [0.4, 0.5) is 5.69 Å². The number of hydrogen-bond acceptors (Lipinski definition) is 2. The SMILES string of the molecule is N#CC1(Nc2ccc(Cl)cc2)CCCCC1. The second-order valence-corrected chi connectivity index (χ2v) is 4.82. The van der Waals surface area contributed by atoms with Crippen molar-refractivity contribution in [3.8, 4) is 6.07 Å². The van der Waals surface area contributed by atoms with Crippen LogP contribution in [0.15, 0.2) is 24.3 Å². The summed E-state index contributed by atoms with van der Waals surface area (Å²) < 4.78 is 0. The molecule has 0 aliphatic heterocycles. The summed E-state index contributed by atoms with van der Waals surface area (Å²) in [5.74, 6) is 0. The molecule has 0 radical (unpaired) electrons. The minimum atomic E-state index is -0.369. The molecule has 1 N–H and O–H groups in total. The quantitative estimate of drug-likeness (QED) is 0.840. The van der Waals surface area contributed by atoms with Gasteiger partial charge in [0.15, 0.2) is 0 Å². The van der Waals surface area contributed by atoms with Crippen molar-refractivity contribution in [3.63, 3.8) is 0 Å². The summed E-state index contributed by atoms with van der Waals surface area (Å²) in [5, 5.41) is 13.4. The summed E-state index contributed by atoms with van der Waals surface area (Å²) in [6, 6.07) is 9.98. The van der Waals surface area contributed by atoms with Crippen molar-refractivity contribution >= 4 is 17.3 Å². The molecular weight excluding hydrogens is 220 g/mol. The number of halogens is 1. The van der Waals surface area contributed by atoms with Crippen LogP contribution in [0.25, 0.3) is 0 Å². The first kappa shape index (κ1) is 11.3. The maximum Gasteiger partial charge on any atom is 0.125 e. The fourth-order valence-electron chi connectivity index (χ4n) is 2.23. The van der Waals surface area contributed by atoms with Crippen molar-refractivity contribution < 1.29 is 0 Å². The highest BCUT2D eigenvalue weighted by Crippen LogP contribution is 2.31. The molecule has 0 bridgehead atoms. The number of nitrogens with zero attached hydrogens (tertiary/aromatic N) is 1. The first-order valence-electron chi connectivity index (χ1n) is 5.69. The molecule has 16 heavy (non-hydrogen) atoms. The van der Waals surface area contributed by atoms with E-state index in [1.54, 1.807) is 0 Å². The van der Waals surface area contributed by atoms with Crippen molar-refractivity contribution in [1.29, 1.82) is 5.26 Å². The molecule has 1 aromatic carbocycles. The minimum Gasteiger partial charge on any atom is -0.367 e. The van der Waals surface area contributed by atoms with E-state index in [2.05, 4.69) is 11.4 Å². The highest BCUT2D eigenvalue weighted by atomic mass is 35.5. The highest BCUT2D eigenvalue weighted by molar-refractivity contribution is 6.30. The summed E-state index contributed by atoms with van der Waals surface area (Å²) in [6.45, 7) is 0. The van der Waals surface area contributed by atoms with Gasteiger partial charge in [-0.3, -0.25) is 0 Å². The monoisotopic (exact) mass is 234 g/mol. The van der Waals surface area contributed by atoms with Crippen molar-refractivity contribution in [2.24, 2.45) is 0 Å². The van der Waals surface area contributed by atoms with Crippen LogP contribution in [0, 0.1) is 11.3 Å². The zero-order chi connectivity index (χ0) is 11.4. The van der Waals surface area contributed by atoms with Crippen LogP contribution in [-0.4, -0.2) is 5.54 Å². The number of anilines is 1. The number of nitriles is 1. The lowest BCUT2D eigenvalue weighted by Gasteiger charge is -2.32. The molecule has 2 rings (SSSR count). The van der Waals surface area contributed by atoms with Crippen LogP contribution < -0.4 is 5.32 Å². The molecule has 1 aliphatic rings. The van der Waals surface area contributed by atoms with E-state index >= 15 is 0 Å². The van der Waals surface area contributed by atoms with Crippen LogP contribution in [0.3, 0.4) is 0 Å². The Morgan fingerprint density at radius 2 is 1.75 bits per heavy atom. The molecule has 2 nitrogen and oxygen atoms in total. The Bertz CT molecular complexity index is 385. The van der Waals surface area contributed by atoms with Gasteiger partial charge in [-0.1, -0.05) is 30.9 Å². The molecule has 0 amide bonds. The van der Waals surface area contributed by atoms with Crippen LogP contribution in [0.5, 0.6) is 0 Å². The Morgan fingerprint density at radius 1 is 1.12 bits per heavy atom. The van der Waals surface area contributed by atoms with Gasteiger partial charge in [0.2, 0.25) is 0 Å². The molecule has 1 aliphatic carbocycles. The Morgan fingerprint density at radius 3 is 2.31 bits per heavy atom. The molecule has 0 atom stereocenters. The molecule has 1 aromatic rings. The number of hydrogen-bond donors (Lipinski definition) is 1. The number of benzene rings is 1. The first-order valence-corrected chi connectivity index (χ1v) is 6.07. The smallest absolute Gasteiger partial charge is 0.125 e. The minimum absolute atomic E-state index is 0.369. The van der Waals surface area contributed by atoms with Crippen molar-refractivity contribution in [2.75, 3.05) is 5.32 Å². The largest absolute Gasteiger partial charge is 0.367 e. The second-order valence-electron chi connectivity index (χ2n) is 4.39. The van der Waals surface area contributed by atoms with Crippen LogP contribution in [0.2, 0.25) is 5.02 Å². The van der Waals surface area contributed by atoms with E-state index in [0.29, 0.717) is 0 Å². The highest BCUT2D eigenvalue weighted by Gasteiger charge is 2.31. The van der Waals surface area contributed by atoms with Gasteiger partial charge in [-0.25, -0.2) is 0 Å². The van der Waals surface area contributed by atoms with Crippen molar-refractivity contribution in [2.45, 2.75) is 37.6 Å². The average molecular weight is 235 g/mol. The Hall–Kier alpha value is -1.20. The van der Waals surface area contributed by atoms with E-state index in [4.69, 9.17) is 11.6 Å². The third-order valence-corrected chi connectivity index (χ3v) is 3.40. The van der Waals surface area contributed by atoms with Crippen LogP contribution in [0.1, 0.15) is 32.1 Å². The zero-order valence-electron chi connectivity index (χ0n) is 9.17. The Kier molecular flexibility index (Phi) is 3.36. The molecule has 1 fully saturated rings. The van der Waals surface area contributed by atoms with Gasteiger partial charge in [0, 0.05) is 10.7 Å². The maximum atomic E-state index is 9.32. The standard InChI is InChI=1S/C13H15ClN2/c14-11-4-6-12(7-5-11)16-13(10-15)8-2-1-3-9-13/h4-7,16H,1-3,8-9H2. The summed E-state index contributed by atoms with van der Waals surface area (Å²) in [6.07, 6.45) is 5.38. The average Bonchev–Trinajstić information content (AvgIpc) is 2.33. The molecule has 3 heteroatoms. The van der Waals surface area contributed by atoms with Gasteiger partial charge < -0.3 is 5.32 Å². The maximum absolute atomic E-state index is 9.32. The topological polar surface area (TPSA) is 35.8 Å². The van der Waals surface area contributed by atoms with Crippen molar-refractivity contribution in [3.05, 3.63) is 29.3 Å². The fraction of sp³-hybridized carbons (Fsp3) is 0.462. The zero-order valence-corrected chi connectivity index (χ0v) is 9.93. The third-order valence-electron chi connectivity index (χ3n) is 3.15. The lowest BCUT2D eigenvalue weighted by Crippen LogP contribution is -2.38. The lowest BCUT2D eigenvalue weighted by molar-refractivity contribution is 0.393. The molecule has 0 saturated heterocycles. The van der Waals surface area contributed by atoms with E-state index in [1.165, 1.54) is 6.42 Å². The van der Waals surface area contributed by atoms with Gasteiger partial charge in [-0.2, -0.15) is 5.26 Å². The molecule has 0 heterocycles. The molecule has 0 spiro atoms. The lowest BCUT2D eigenvalue weighted by atomic mass is 9.82. The van der Waals surface area contributed by atoms with E-state index in [0.717, 1.165) is 36.4 Å². The normalized spacial score (nSPS) is 18.8. The second kappa shape index (κ2) is 4.76. The van der Waals surface area contributed by atoms with Crippen LogP contribution in [-0.2, 0) is 0 Å². The molecule has 84 valence electrons. The first-order chi connectivity index (χ1) is 7.74. The van der Waals surface area contributed by atoms with E-state index in [-0.39, 0.29) is 5.54 Å². The predicted molar refractivity (Wildman–Crippen MR) is 66.5 cm³/mol. The Balaban J connectivity index is 2.12. The molecule has 0 aromatic heterocycles. The predicted octanol–water partition coefficient (Wildman–Crippen LogP) is 3.98. The third kappa shape index (κ3) is 2.48. The molecular formula is C13H15ClN2. The summed E-state index contributed by atoms with van der Waals surface area (Å²) >= 11 is 5.83. The summed E-state index contributed by atoms with van der Waals surface area (Å²) in [5.41, 5.74) is 0.611. The van der Waals surface area contributed by atoms with E-state index in [1.807, 2.05) is 24.3 Å². The molecule has 1 saturated carbocycles. The summed E-state index contributed by atoms with van der Waals surface area (Å²) in [4.78, 5) is 0. The van der Waals surface area contributed by atoms with Gasteiger partial charge in [-0.05, 0) is 37.1 Å². The number of nitrogens with one attached hydrogen (secondary N) is 1. The van der Waals surface area contributed by atoms with Gasteiger partial charge in [0.1, 0.15) is 5.54 Å². The van der Waals surface area contributed by atoms with E-state index < -0.39 is 0 Å². The van der Waals surface area contributed by atoms with Gasteiger partial charge in [0.25, 0.3) is 0 Å². The molecule has 0 unspecified atom stereocenters. The van der Waals surface area contributed by atoms with Crippen molar-refractivity contribution in [1.82, 2.24) is 0 Å². The van der Waals surface area contributed by atoms with Gasteiger partial charge in [0.05, 0.1) is 6.07 Å². The fourth-order valence-corrected chi connectivity index (χ4v) is 2.36.